The smallest absolute Gasteiger partial charge is 0.328 e. The molecule has 0 aliphatic heterocycles. The lowest BCUT2D eigenvalue weighted by Gasteiger charge is -2.30. The van der Waals surface area contributed by atoms with Crippen molar-refractivity contribution in [2.75, 3.05) is 6.54 Å². The van der Waals surface area contributed by atoms with Crippen LogP contribution in [0, 0.1) is 0 Å². The summed E-state index contributed by atoms with van der Waals surface area (Å²) >= 11 is 0. The zero-order valence-corrected chi connectivity index (χ0v) is 12.2. The number of hydrogen-bond acceptors (Lipinski definition) is 3. The molecule has 0 heterocycles. The predicted octanol–water partition coefficient (Wildman–Crippen LogP) is 1.43. The molecule has 6 nitrogen and oxygen atoms in total. The fraction of sp³-hybridized carbons (Fsp3) is 0.846. The van der Waals surface area contributed by atoms with Crippen LogP contribution in [0.25, 0.3) is 0 Å². The molecule has 0 radical (unpaired) electrons. The lowest BCUT2D eigenvalue weighted by molar-refractivity contribution is -0.141. The number of aliphatic hydroxyl groups excluding tert-OH is 1. The number of urea groups is 1. The van der Waals surface area contributed by atoms with Crippen molar-refractivity contribution in [2.24, 2.45) is 0 Å². The van der Waals surface area contributed by atoms with Gasteiger partial charge in [0.2, 0.25) is 0 Å². The van der Waals surface area contributed by atoms with Gasteiger partial charge in [0.15, 0.2) is 6.04 Å². The first kappa shape index (κ1) is 17.7. The minimum atomic E-state index is -1.28. The lowest BCUT2D eigenvalue weighted by atomic mass is 10.1. The molecular formula is C13H26N2O4. The third-order valence-corrected chi connectivity index (χ3v) is 3.16. The molecule has 6 heteroatoms. The van der Waals surface area contributed by atoms with Gasteiger partial charge in [-0.25, -0.2) is 9.59 Å². The van der Waals surface area contributed by atoms with Gasteiger partial charge in [0, 0.05) is 12.6 Å². The maximum atomic E-state index is 12.1. The molecule has 0 aromatic rings. The van der Waals surface area contributed by atoms with E-state index < -0.39 is 24.1 Å². The highest BCUT2D eigenvalue weighted by Crippen LogP contribution is 2.07. The summed E-state index contributed by atoms with van der Waals surface area (Å²) in [7, 11) is 0. The van der Waals surface area contributed by atoms with E-state index in [9.17, 15) is 14.7 Å². The molecule has 2 amide bonds. The second-order valence-electron chi connectivity index (χ2n) is 4.81. The summed E-state index contributed by atoms with van der Waals surface area (Å²) in [4.78, 5) is 24.7. The van der Waals surface area contributed by atoms with Crippen molar-refractivity contribution in [1.82, 2.24) is 10.2 Å². The first-order valence-electron chi connectivity index (χ1n) is 6.83. The average molecular weight is 274 g/mol. The maximum absolute atomic E-state index is 12.1. The van der Waals surface area contributed by atoms with Gasteiger partial charge in [-0.1, -0.05) is 20.3 Å². The average Bonchev–Trinajstić information content (AvgIpc) is 2.35. The molecule has 0 bridgehead atoms. The number of carbonyl (C=O) groups excluding carboxylic acids is 1. The normalized spacial score (nSPS) is 15.4. The molecule has 0 aromatic carbocycles. The number of hydrogen-bond donors (Lipinski definition) is 3. The van der Waals surface area contributed by atoms with Gasteiger partial charge in [0.1, 0.15) is 0 Å². The van der Waals surface area contributed by atoms with Crippen LogP contribution in [0.15, 0.2) is 0 Å². The summed E-state index contributed by atoms with van der Waals surface area (Å²) in [6, 6.07) is -1.67. The van der Waals surface area contributed by atoms with E-state index in [1.807, 2.05) is 20.8 Å². The monoisotopic (exact) mass is 274 g/mol. The van der Waals surface area contributed by atoms with Gasteiger partial charge in [-0.2, -0.15) is 0 Å². The SMILES string of the molecule is CCCCN(C(=O)N[C@H](C(=O)O)[C@@H](C)O)C(C)CC. The number of aliphatic hydroxyl groups is 1. The highest BCUT2D eigenvalue weighted by Gasteiger charge is 2.28. The number of carboxylic acids is 1. The zero-order chi connectivity index (χ0) is 15.0. The predicted molar refractivity (Wildman–Crippen MR) is 73.0 cm³/mol. The van der Waals surface area contributed by atoms with Crippen molar-refractivity contribution < 1.29 is 19.8 Å². The van der Waals surface area contributed by atoms with E-state index >= 15 is 0 Å². The summed E-state index contributed by atoms with van der Waals surface area (Å²) in [6.45, 7) is 7.86. The Morgan fingerprint density at radius 3 is 2.21 bits per heavy atom. The van der Waals surface area contributed by atoms with Gasteiger partial charge in [-0.15, -0.1) is 0 Å². The molecule has 0 spiro atoms. The minimum absolute atomic E-state index is 0.0370. The molecule has 19 heavy (non-hydrogen) atoms. The second kappa shape index (κ2) is 8.74. The number of amides is 2. The quantitative estimate of drug-likeness (QED) is 0.624. The number of rotatable bonds is 8. The highest BCUT2D eigenvalue weighted by atomic mass is 16.4. The Bertz CT molecular complexity index is 294. The molecule has 3 N–H and O–H groups in total. The topological polar surface area (TPSA) is 89.9 Å². The lowest BCUT2D eigenvalue weighted by Crippen LogP contribution is -2.54. The molecule has 0 saturated carbocycles. The van der Waals surface area contributed by atoms with E-state index in [0.717, 1.165) is 19.3 Å². The first-order chi connectivity index (χ1) is 8.84. The Labute approximate surface area is 114 Å². The van der Waals surface area contributed by atoms with Crippen LogP contribution in [0.2, 0.25) is 0 Å². The summed E-state index contributed by atoms with van der Waals surface area (Å²) in [5.41, 5.74) is 0. The third kappa shape index (κ3) is 5.92. The Morgan fingerprint density at radius 1 is 1.26 bits per heavy atom. The van der Waals surface area contributed by atoms with Crippen molar-refractivity contribution in [3.63, 3.8) is 0 Å². The zero-order valence-electron chi connectivity index (χ0n) is 12.2. The van der Waals surface area contributed by atoms with E-state index in [1.54, 1.807) is 4.90 Å². The maximum Gasteiger partial charge on any atom is 0.328 e. The second-order valence-corrected chi connectivity index (χ2v) is 4.81. The van der Waals surface area contributed by atoms with E-state index in [2.05, 4.69) is 5.32 Å². The van der Waals surface area contributed by atoms with E-state index in [1.165, 1.54) is 6.92 Å². The van der Waals surface area contributed by atoms with E-state index in [-0.39, 0.29) is 6.04 Å². The van der Waals surface area contributed by atoms with Crippen molar-refractivity contribution >= 4 is 12.0 Å². The molecule has 0 aliphatic carbocycles. The molecule has 0 aliphatic rings. The Kier molecular flexibility index (Phi) is 8.14. The summed E-state index contributed by atoms with van der Waals surface area (Å²) in [5.74, 6) is -1.23. The van der Waals surface area contributed by atoms with Crippen LogP contribution in [0.3, 0.4) is 0 Å². The first-order valence-corrected chi connectivity index (χ1v) is 6.83. The Hall–Kier alpha value is -1.30. The van der Waals surface area contributed by atoms with E-state index in [0.29, 0.717) is 6.54 Å². The molecular weight excluding hydrogens is 248 g/mol. The molecule has 1 unspecified atom stereocenters. The summed E-state index contributed by atoms with van der Waals surface area (Å²) in [5, 5.41) is 20.7. The fourth-order valence-electron chi connectivity index (χ4n) is 1.68. The van der Waals surface area contributed by atoms with Crippen LogP contribution in [-0.4, -0.2) is 51.8 Å². The van der Waals surface area contributed by atoms with Gasteiger partial charge in [-0.3, -0.25) is 0 Å². The van der Waals surface area contributed by atoms with Crippen LogP contribution in [-0.2, 0) is 4.79 Å². The van der Waals surface area contributed by atoms with Crippen LogP contribution >= 0.6 is 0 Å². The summed E-state index contributed by atoms with van der Waals surface area (Å²) in [6.07, 6.45) is 1.48. The highest BCUT2D eigenvalue weighted by molar-refractivity contribution is 5.83. The van der Waals surface area contributed by atoms with Crippen molar-refractivity contribution in [3.8, 4) is 0 Å². The number of nitrogens with zero attached hydrogens (tertiary/aromatic N) is 1. The van der Waals surface area contributed by atoms with Crippen molar-refractivity contribution in [1.29, 1.82) is 0 Å². The number of carbonyl (C=O) groups is 2. The van der Waals surface area contributed by atoms with Gasteiger partial charge >= 0.3 is 12.0 Å². The van der Waals surface area contributed by atoms with E-state index in [4.69, 9.17) is 5.11 Å². The van der Waals surface area contributed by atoms with Crippen LogP contribution in [0.4, 0.5) is 4.79 Å². The largest absolute Gasteiger partial charge is 0.480 e. The van der Waals surface area contributed by atoms with Gasteiger partial charge in [0.25, 0.3) is 0 Å². The number of nitrogens with one attached hydrogen (secondary N) is 1. The Morgan fingerprint density at radius 2 is 1.84 bits per heavy atom. The van der Waals surface area contributed by atoms with Crippen LogP contribution in [0.5, 0.6) is 0 Å². The molecule has 0 aromatic heterocycles. The molecule has 0 saturated heterocycles. The van der Waals surface area contributed by atoms with Crippen molar-refractivity contribution in [2.45, 2.75) is 65.1 Å². The van der Waals surface area contributed by atoms with Gasteiger partial charge < -0.3 is 20.4 Å². The minimum Gasteiger partial charge on any atom is -0.480 e. The molecule has 3 atom stereocenters. The van der Waals surface area contributed by atoms with Crippen LogP contribution in [0.1, 0.15) is 47.0 Å². The number of unbranched alkanes of at least 4 members (excludes halogenated alkanes) is 1. The molecule has 112 valence electrons. The third-order valence-electron chi connectivity index (χ3n) is 3.16. The number of carboxylic acid groups (broad SMARTS) is 1. The van der Waals surface area contributed by atoms with Gasteiger partial charge in [0.05, 0.1) is 6.10 Å². The Balaban J connectivity index is 4.74. The standard InChI is InChI=1S/C13H26N2O4/c1-5-7-8-15(9(3)6-2)13(19)14-11(10(4)16)12(17)18/h9-11,16H,5-8H2,1-4H3,(H,14,19)(H,17,18)/t9?,10-,11+/m1/s1. The molecule has 0 rings (SSSR count). The van der Waals surface area contributed by atoms with Crippen LogP contribution < -0.4 is 5.32 Å². The molecule has 0 fully saturated rings. The van der Waals surface area contributed by atoms with Crippen molar-refractivity contribution in [3.05, 3.63) is 0 Å². The number of aliphatic carboxylic acids is 1. The fourth-order valence-corrected chi connectivity index (χ4v) is 1.68. The van der Waals surface area contributed by atoms with Gasteiger partial charge in [-0.05, 0) is 26.7 Å². The summed E-state index contributed by atoms with van der Waals surface area (Å²) < 4.78 is 0.